The van der Waals surface area contributed by atoms with Crippen LogP contribution in [0, 0.1) is 5.82 Å². The van der Waals surface area contributed by atoms with Gasteiger partial charge in [0.05, 0.1) is 22.2 Å². The van der Waals surface area contributed by atoms with Crippen LogP contribution in [0.2, 0.25) is 0 Å². The Morgan fingerprint density at radius 3 is 2.35 bits per heavy atom. The van der Waals surface area contributed by atoms with Gasteiger partial charge in [-0.05, 0) is 49.7 Å². The van der Waals surface area contributed by atoms with Crippen LogP contribution in [0.3, 0.4) is 0 Å². The summed E-state index contributed by atoms with van der Waals surface area (Å²) < 4.78 is 41.2. The van der Waals surface area contributed by atoms with E-state index in [2.05, 4.69) is 10.6 Å². The SMILES string of the molecule is CCN(CC)c1ccc(S(=O)(=O)N(CC)CC)cc1NC(=O)C1CC(=O)Nc2cc(F)ccc21. The van der Waals surface area contributed by atoms with Crippen LogP contribution in [-0.4, -0.2) is 50.7 Å². The zero-order valence-corrected chi connectivity index (χ0v) is 20.7. The van der Waals surface area contributed by atoms with Crippen LogP contribution in [0.1, 0.15) is 45.6 Å². The highest BCUT2D eigenvalue weighted by Crippen LogP contribution is 2.36. The third kappa shape index (κ3) is 5.07. The highest BCUT2D eigenvalue weighted by atomic mass is 32.2. The number of hydrogen-bond acceptors (Lipinski definition) is 5. The monoisotopic (exact) mass is 490 g/mol. The Bertz CT molecular complexity index is 1180. The Morgan fingerprint density at radius 2 is 1.74 bits per heavy atom. The van der Waals surface area contributed by atoms with Crippen molar-refractivity contribution in [1.29, 1.82) is 0 Å². The summed E-state index contributed by atoms with van der Waals surface area (Å²) in [6.07, 6.45) is -0.0947. The second-order valence-corrected chi connectivity index (χ2v) is 9.90. The Labute approximate surface area is 200 Å². The number of sulfonamides is 1. The maximum atomic E-state index is 13.7. The van der Waals surface area contributed by atoms with E-state index in [0.717, 1.165) is 0 Å². The summed E-state index contributed by atoms with van der Waals surface area (Å²) in [6, 6.07) is 8.62. The van der Waals surface area contributed by atoms with Crippen LogP contribution in [-0.2, 0) is 19.6 Å². The molecule has 1 aliphatic heterocycles. The van der Waals surface area contributed by atoms with E-state index >= 15 is 0 Å². The fraction of sp³-hybridized carbons (Fsp3) is 0.417. The molecule has 0 aromatic heterocycles. The number of carbonyl (C=O) groups is 2. The van der Waals surface area contributed by atoms with Crippen LogP contribution < -0.4 is 15.5 Å². The maximum Gasteiger partial charge on any atom is 0.243 e. The van der Waals surface area contributed by atoms with Crippen molar-refractivity contribution in [1.82, 2.24) is 4.31 Å². The van der Waals surface area contributed by atoms with Gasteiger partial charge in [0.25, 0.3) is 0 Å². The average molecular weight is 491 g/mol. The zero-order valence-electron chi connectivity index (χ0n) is 19.9. The van der Waals surface area contributed by atoms with Gasteiger partial charge in [0.15, 0.2) is 0 Å². The molecule has 2 amide bonds. The molecule has 1 atom stereocenters. The smallest absolute Gasteiger partial charge is 0.243 e. The van der Waals surface area contributed by atoms with Gasteiger partial charge in [-0.25, -0.2) is 12.8 Å². The Kier molecular flexibility index (Phi) is 7.93. The quantitative estimate of drug-likeness (QED) is 0.558. The lowest BCUT2D eigenvalue weighted by molar-refractivity contribution is -0.123. The lowest BCUT2D eigenvalue weighted by atomic mass is 9.89. The third-order valence-corrected chi connectivity index (χ3v) is 8.09. The molecule has 0 fully saturated rings. The van der Waals surface area contributed by atoms with E-state index in [1.165, 1.54) is 28.6 Å². The highest BCUT2D eigenvalue weighted by Gasteiger charge is 2.32. The number of carbonyl (C=O) groups excluding carboxylic acids is 2. The third-order valence-electron chi connectivity index (χ3n) is 6.04. The fourth-order valence-corrected chi connectivity index (χ4v) is 5.70. The van der Waals surface area contributed by atoms with Crippen molar-refractivity contribution in [2.75, 3.05) is 41.7 Å². The van der Waals surface area contributed by atoms with E-state index in [1.807, 2.05) is 18.7 Å². The van der Waals surface area contributed by atoms with Gasteiger partial charge in [-0.1, -0.05) is 19.9 Å². The van der Waals surface area contributed by atoms with Crippen molar-refractivity contribution < 1.29 is 22.4 Å². The molecule has 10 heteroatoms. The van der Waals surface area contributed by atoms with Crippen molar-refractivity contribution in [3.8, 4) is 0 Å². The first-order valence-corrected chi connectivity index (χ1v) is 12.9. The number of nitrogens with one attached hydrogen (secondary N) is 2. The van der Waals surface area contributed by atoms with Gasteiger partial charge in [0.2, 0.25) is 21.8 Å². The minimum atomic E-state index is -3.74. The number of hydrogen-bond donors (Lipinski definition) is 2. The average Bonchev–Trinajstić information content (AvgIpc) is 2.80. The van der Waals surface area contributed by atoms with E-state index in [-0.39, 0.29) is 22.9 Å². The van der Waals surface area contributed by atoms with E-state index < -0.39 is 27.7 Å². The molecule has 1 heterocycles. The lowest BCUT2D eigenvalue weighted by Crippen LogP contribution is -2.32. The predicted octanol–water partition coefficient (Wildman–Crippen LogP) is 3.77. The van der Waals surface area contributed by atoms with Crippen molar-refractivity contribution in [2.45, 2.75) is 44.9 Å². The summed E-state index contributed by atoms with van der Waals surface area (Å²) in [5.41, 5.74) is 1.79. The topological polar surface area (TPSA) is 98.8 Å². The van der Waals surface area contributed by atoms with Crippen LogP contribution in [0.4, 0.5) is 21.5 Å². The molecule has 0 radical (unpaired) electrons. The number of amides is 2. The molecule has 2 aromatic carbocycles. The molecule has 2 aromatic rings. The standard InChI is InChI=1S/C24H31FN4O4S/c1-5-28(6-2)22-12-10-17(34(32,33)29(7-3)8-4)14-21(22)27-24(31)19-15-23(30)26-20-13-16(25)9-11-18(19)20/h9-14,19H,5-8,15H2,1-4H3,(H,26,30)(H,27,31). The van der Waals surface area contributed by atoms with Gasteiger partial charge < -0.3 is 15.5 Å². The number of nitrogens with zero attached hydrogens (tertiary/aromatic N) is 2. The van der Waals surface area contributed by atoms with E-state index in [4.69, 9.17) is 0 Å². The number of benzene rings is 2. The molecule has 2 N–H and O–H groups in total. The molecule has 0 spiro atoms. The normalized spacial score (nSPS) is 15.6. The van der Waals surface area contributed by atoms with Crippen LogP contribution in [0.25, 0.3) is 0 Å². The molecule has 0 saturated heterocycles. The largest absolute Gasteiger partial charge is 0.370 e. The summed E-state index contributed by atoms with van der Waals surface area (Å²) >= 11 is 0. The Balaban J connectivity index is 2.04. The van der Waals surface area contributed by atoms with Crippen molar-refractivity contribution in [3.05, 3.63) is 47.8 Å². The van der Waals surface area contributed by atoms with Crippen LogP contribution >= 0.6 is 0 Å². The summed E-state index contributed by atoms with van der Waals surface area (Å²) in [7, 11) is -3.74. The zero-order chi connectivity index (χ0) is 25.0. The van der Waals surface area contributed by atoms with Gasteiger partial charge in [0, 0.05) is 38.3 Å². The number of anilines is 3. The van der Waals surface area contributed by atoms with E-state index in [9.17, 15) is 22.4 Å². The minimum absolute atomic E-state index is 0.0752. The Hall–Kier alpha value is -2.98. The van der Waals surface area contributed by atoms with Crippen molar-refractivity contribution in [2.24, 2.45) is 0 Å². The van der Waals surface area contributed by atoms with Crippen molar-refractivity contribution >= 4 is 38.9 Å². The van der Waals surface area contributed by atoms with Gasteiger partial charge in [-0.3, -0.25) is 9.59 Å². The van der Waals surface area contributed by atoms with E-state index in [0.29, 0.717) is 43.1 Å². The first-order chi connectivity index (χ1) is 16.2. The first kappa shape index (κ1) is 25.6. The lowest BCUT2D eigenvalue weighted by Gasteiger charge is -2.28. The molecular weight excluding hydrogens is 459 g/mol. The van der Waals surface area contributed by atoms with Crippen LogP contribution in [0.15, 0.2) is 41.3 Å². The maximum absolute atomic E-state index is 13.7. The molecule has 34 heavy (non-hydrogen) atoms. The van der Waals surface area contributed by atoms with Gasteiger partial charge in [-0.15, -0.1) is 0 Å². The predicted molar refractivity (Wildman–Crippen MR) is 131 cm³/mol. The molecule has 184 valence electrons. The summed E-state index contributed by atoms with van der Waals surface area (Å²) in [5, 5.41) is 5.46. The highest BCUT2D eigenvalue weighted by molar-refractivity contribution is 7.89. The van der Waals surface area contributed by atoms with Gasteiger partial charge in [-0.2, -0.15) is 4.31 Å². The Morgan fingerprint density at radius 1 is 1.06 bits per heavy atom. The summed E-state index contributed by atoms with van der Waals surface area (Å²) in [6.45, 7) is 9.40. The minimum Gasteiger partial charge on any atom is -0.370 e. The van der Waals surface area contributed by atoms with E-state index in [1.54, 1.807) is 26.0 Å². The summed E-state index contributed by atoms with van der Waals surface area (Å²) in [4.78, 5) is 27.6. The molecule has 0 saturated carbocycles. The van der Waals surface area contributed by atoms with Crippen molar-refractivity contribution in [3.63, 3.8) is 0 Å². The number of halogens is 1. The van der Waals surface area contributed by atoms with Gasteiger partial charge >= 0.3 is 0 Å². The molecule has 0 aliphatic carbocycles. The van der Waals surface area contributed by atoms with Crippen LogP contribution in [0.5, 0.6) is 0 Å². The molecule has 0 bridgehead atoms. The summed E-state index contributed by atoms with van der Waals surface area (Å²) in [5.74, 6) is -2.20. The molecule has 8 nitrogen and oxygen atoms in total. The second kappa shape index (κ2) is 10.5. The van der Waals surface area contributed by atoms with Gasteiger partial charge in [0.1, 0.15) is 5.82 Å². The molecule has 1 aliphatic rings. The number of fused-ring (bicyclic) bond motifs is 1. The molecular formula is C24H31FN4O4S. The fourth-order valence-electron chi connectivity index (χ4n) is 4.22. The second-order valence-electron chi connectivity index (χ2n) is 7.97. The molecule has 3 rings (SSSR count). The number of rotatable bonds is 9. The molecule has 1 unspecified atom stereocenters. The first-order valence-electron chi connectivity index (χ1n) is 11.4.